The number of aromatic nitrogens is 3. The van der Waals surface area contributed by atoms with Crippen molar-refractivity contribution in [3.63, 3.8) is 0 Å². The van der Waals surface area contributed by atoms with Crippen LogP contribution in [0, 0.1) is 6.92 Å². The fourth-order valence-electron chi connectivity index (χ4n) is 2.64. The van der Waals surface area contributed by atoms with E-state index in [4.69, 9.17) is 16.6 Å². The lowest BCUT2D eigenvalue weighted by Crippen LogP contribution is -2.21. The highest BCUT2D eigenvalue weighted by Gasteiger charge is 2.14. The number of halogens is 1. The Hall–Kier alpha value is -2.15. The first kappa shape index (κ1) is 17.3. The molecule has 0 N–H and O–H groups in total. The van der Waals surface area contributed by atoms with E-state index in [1.165, 1.54) is 11.8 Å². The molecule has 0 radical (unpaired) electrons. The summed E-state index contributed by atoms with van der Waals surface area (Å²) < 4.78 is 1.64. The van der Waals surface area contributed by atoms with Crippen molar-refractivity contribution in [1.82, 2.24) is 14.5 Å². The minimum atomic E-state index is -0.0881. The Morgan fingerprint density at radius 2 is 1.88 bits per heavy atom. The van der Waals surface area contributed by atoms with Crippen LogP contribution in [0.15, 0.2) is 63.9 Å². The summed E-state index contributed by atoms with van der Waals surface area (Å²) >= 11 is 9.13. The topological polar surface area (TPSA) is 47.8 Å². The summed E-state index contributed by atoms with van der Waals surface area (Å²) in [6.45, 7) is 1.98. The molecule has 4 rings (SSSR count). The van der Waals surface area contributed by atoms with E-state index in [0.29, 0.717) is 26.8 Å². The van der Waals surface area contributed by atoms with Crippen molar-refractivity contribution < 1.29 is 0 Å². The van der Waals surface area contributed by atoms with Gasteiger partial charge in [-0.1, -0.05) is 35.5 Å². The predicted octanol–water partition coefficient (Wildman–Crippen LogP) is 5.10. The molecule has 0 bridgehead atoms. The number of hydrogen-bond donors (Lipinski definition) is 0. The number of fused-ring (bicyclic) bond motifs is 1. The first-order valence-electron chi connectivity index (χ1n) is 7.93. The summed E-state index contributed by atoms with van der Waals surface area (Å²) in [6.07, 6.45) is 0. The van der Waals surface area contributed by atoms with Crippen LogP contribution >= 0.6 is 34.7 Å². The summed E-state index contributed by atoms with van der Waals surface area (Å²) in [5, 5.41) is 4.93. The number of para-hydroxylation sites is 1. The van der Waals surface area contributed by atoms with Gasteiger partial charge in [-0.05, 0) is 43.3 Å². The Labute approximate surface area is 163 Å². The van der Waals surface area contributed by atoms with Gasteiger partial charge in [0.1, 0.15) is 0 Å². The third-order valence-electron chi connectivity index (χ3n) is 3.85. The van der Waals surface area contributed by atoms with E-state index in [-0.39, 0.29) is 5.56 Å². The van der Waals surface area contributed by atoms with E-state index in [1.54, 1.807) is 34.1 Å². The van der Waals surface area contributed by atoms with Gasteiger partial charge in [0, 0.05) is 16.2 Å². The first-order valence-corrected chi connectivity index (χ1v) is 10.2. The molecule has 4 nitrogen and oxygen atoms in total. The Bertz CT molecular complexity index is 1140. The van der Waals surface area contributed by atoms with Crippen LogP contribution in [0.3, 0.4) is 0 Å². The molecule has 0 unspecified atom stereocenters. The molecule has 2 aromatic heterocycles. The van der Waals surface area contributed by atoms with Gasteiger partial charge in [0.25, 0.3) is 5.56 Å². The molecule has 7 heteroatoms. The molecule has 2 aromatic carbocycles. The quantitative estimate of drug-likeness (QED) is 0.354. The lowest BCUT2D eigenvalue weighted by Gasteiger charge is -2.13. The minimum absolute atomic E-state index is 0.0881. The zero-order chi connectivity index (χ0) is 18.1. The SMILES string of the molecule is Cc1nc(CSc2nc3ccccc3c(=O)n2-c2ccc(Cl)cc2)cs1. The molecule has 0 saturated carbocycles. The van der Waals surface area contributed by atoms with Crippen molar-refractivity contribution in [2.45, 2.75) is 17.8 Å². The average molecular weight is 400 g/mol. The van der Waals surface area contributed by atoms with Gasteiger partial charge in [-0.25, -0.2) is 9.97 Å². The molecule has 0 saturated heterocycles. The number of thioether (sulfide) groups is 1. The van der Waals surface area contributed by atoms with Gasteiger partial charge < -0.3 is 0 Å². The third kappa shape index (κ3) is 3.40. The zero-order valence-electron chi connectivity index (χ0n) is 13.8. The standard InChI is InChI=1S/C19H14ClN3OS2/c1-12-21-14(10-25-12)11-26-19-22-17-5-3-2-4-16(17)18(24)23(19)15-8-6-13(20)7-9-15/h2-10H,11H2,1H3. The monoisotopic (exact) mass is 399 g/mol. The molecule has 2 heterocycles. The van der Waals surface area contributed by atoms with Gasteiger partial charge in [-0.3, -0.25) is 9.36 Å². The Morgan fingerprint density at radius 1 is 1.12 bits per heavy atom. The molecule has 4 aromatic rings. The maximum atomic E-state index is 13.1. The fraction of sp³-hybridized carbons (Fsp3) is 0.105. The van der Waals surface area contributed by atoms with Gasteiger partial charge in [0.15, 0.2) is 5.16 Å². The van der Waals surface area contributed by atoms with Crippen LogP contribution in [0.2, 0.25) is 5.02 Å². The highest BCUT2D eigenvalue weighted by atomic mass is 35.5. The van der Waals surface area contributed by atoms with Crippen LogP contribution in [-0.4, -0.2) is 14.5 Å². The summed E-state index contributed by atoms with van der Waals surface area (Å²) in [5.74, 6) is 0.655. The highest BCUT2D eigenvalue weighted by Crippen LogP contribution is 2.25. The van der Waals surface area contributed by atoms with Crippen LogP contribution in [0.5, 0.6) is 0 Å². The second-order valence-corrected chi connectivity index (χ2v) is 8.12. The normalized spacial score (nSPS) is 11.2. The van der Waals surface area contributed by atoms with E-state index < -0.39 is 0 Å². The van der Waals surface area contributed by atoms with Crippen LogP contribution in [0.1, 0.15) is 10.7 Å². The second kappa shape index (κ2) is 7.23. The highest BCUT2D eigenvalue weighted by molar-refractivity contribution is 7.98. The van der Waals surface area contributed by atoms with Crippen molar-refractivity contribution in [1.29, 1.82) is 0 Å². The smallest absolute Gasteiger partial charge is 0.266 e. The fourth-order valence-corrected chi connectivity index (χ4v) is 4.39. The number of rotatable bonds is 4. The van der Waals surface area contributed by atoms with Gasteiger partial charge in [-0.15, -0.1) is 11.3 Å². The van der Waals surface area contributed by atoms with Gasteiger partial charge in [0.05, 0.1) is 27.3 Å². The van der Waals surface area contributed by atoms with Crippen molar-refractivity contribution in [3.05, 3.63) is 80.0 Å². The lowest BCUT2D eigenvalue weighted by atomic mass is 10.2. The van der Waals surface area contributed by atoms with Crippen molar-refractivity contribution >= 4 is 45.6 Å². The number of aryl methyl sites for hydroxylation is 1. The molecule has 0 atom stereocenters. The molecule has 26 heavy (non-hydrogen) atoms. The van der Waals surface area contributed by atoms with Crippen molar-refractivity contribution in [2.24, 2.45) is 0 Å². The summed E-state index contributed by atoms with van der Waals surface area (Å²) in [6, 6.07) is 14.6. The summed E-state index contributed by atoms with van der Waals surface area (Å²) in [5.41, 5.74) is 2.34. The van der Waals surface area contributed by atoms with Crippen LogP contribution in [0.4, 0.5) is 0 Å². The zero-order valence-corrected chi connectivity index (χ0v) is 16.2. The van der Waals surface area contributed by atoms with Gasteiger partial charge in [0.2, 0.25) is 0 Å². The van der Waals surface area contributed by atoms with Crippen molar-refractivity contribution in [3.8, 4) is 5.69 Å². The van der Waals surface area contributed by atoms with Crippen LogP contribution < -0.4 is 5.56 Å². The van der Waals surface area contributed by atoms with Crippen molar-refractivity contribution in [2.75, 3.05) is 0 Å². The number of hydrogen-bond acceptors (Lipinski definition) is 5. The maximum Gasteiger partial charge on any atom is 0.266 e. The van der Waals surface area contributed by atoms with Gasteiger partial charge >= 0.3 is 0 Å². The van der Waals surface area contributed by atoms with Crippen LogP contribution in [0.25, 0.3) is 16.6 Å². The molecular weight excluding hydrogens is 386 g/mol. The van der Waals surface area contributed by atoms with Crippen LogP contribution in [-0.2, 0) is 5.75 Å². The Kier molecular flexibility index (Phi) is 4.80. The van der Waals surface area contributed by atoms with E-state index in [2.05, 4.69) is 4.98 Å². The second-order valence-electron chi connectivity index (χ2n) is 5.68. The first-order chi connectivity index (χ1) is 12.6. The van der Waals surface area contributed by atoms with E-state index in [1.807, 2.05) is 42.6 Å². The molecule has 130 valence electrons. The molecule has 0 aliphatic heterocycles. The molecule has 0 aliphatic rings. The minimum Gasteiger partial charge on any atom is -0.268 e. The third-order valence-corrected chi connectivity index (χ3v) is 5.89. The van der Waals surface area contributed by atoms with Gasteiger partial charge in [-0.2, -0.15) is 0 Å². The van der Waals surface area contributed by atoms with E-state index >= 15 is 0 Å². The lowest BCUT2D eigenvalue weighted by molar-refractivity contribution is 0.819. The molecule has 0 spiro atoms. The van der Waals surface area contributed by atoms with E-state index in [0.717, 1.165) is 16.4 Å². The Morgan fingerprint density at radius 3 is 2.62 bits per heavy atom. The molecule has 0 amide bonds. The average Bonchev–Trinajstić information content (AvgIpc) is 3.07. The number of benzene rings is 2. The molecular formula is C19H14ClN3OS2. The molecule has 0 fully saturated rings. The Balaban J connectivity index is 1.84. The van der Waals surface area contributed by atoms with E-state index in [9.17, 15) is 4.79 Å². The summed E-state index contributed by atoms with van der Waals surface area (Å²) in [4.78, 5) is 22.3. The number of thiazole rings is 1. The summed E-state index contributed by atoms with van der Waals surface area (Å²) in [7, 11) is 0. The largest absolute Gasteiger partial charge is 0.268 e. The predicted molar refractivity (Wildman–Crippen MR) is 109 cm³/mol. The number of nitrogens with zero attached hydrogens (tertiary/aromatic N) is 3. The molecule has 0 aliphatic carbocycles. The maximum absolute atomic E-state index is 13.1.